The molecule has 0 aliphatic heterocycles. The number of hydrogen-bond donors (Lipinski definition) is 1. The van der Waals surface area contributed by atoms with E-state index in [1.54, 1.807) is 30.9 Å². The molecular formula is C13H20BrNO3S2. The summed E-state index contributed by atoms with van der Waals surface area (Å²) in [4.78, 5) is 0.200. The van der Waals surface area contributed by atoms with Gasteiger partial charge in [0.2, 0.25) is 10.0 Å². The van der Waals surface area contributed by atoms with Gasteiger partial charge in [-0.3, -0.25) is 0 Å². The maximum Gasteiger partial charge on any atom is 0.244 e. The molecule has 1 N–H and O–H groups in total. The number of thioether (sulfide) groups is 1. The van der Waals surface area contributed by atoms with Crippen molar-refractivity contribution in [3.63, 3.8) is 0 Å². The van der Waals surface area contributed by atoms with Crippen LogP contribution in [0.5, 0.6) is 0 Å². The van der Waals surface area contributed by atoms with E-state index in [0.29, 0.717) is 10.0 Å². The Kier molecular flexibility index (Phi) is 7.00. The third-order valence-electron chi connectivity index (χ3n) is 3.18. The second-order valence-corrected chi connectivity index (χ2v) is 8.19. The first-order chi connectivity index (χ1) is 9.38. The van der Waals surface area contributed by atoms with Crippen LogP contribution >= 0.6 is 27.7 Å². The molecule has 1 atom stereocenters. The highest BCUT2D eigenvalue weighted by molar-refractivity contribution is 9.10. The lowest BCUT2D eigenvalue weighted by Crippen LogP contribution is -2.38. The molecule has 0 saturated heterocycles. The Labute approximate surface area is 133 Å². The lowest BCUT2D eigenvalue weighted by molar-refractivity contribution is 0.281. The topological polar surface area (TPSA) is 57.6 Å². The molecule has 0 spiro atoms. The second kappa shape index (κ2) is 7.79. The number of halogens is 1. The van der Waals surface area contributed by atoms with Crippen molar-refractivity contribution in [3.8, 4) is 0 Å². The Morgan fingerprint density at radius 1 is 1.45 bits per heavy atom. The lowest BCUT2D eigenvalue weighted by Gasteiger charge is -2.26. The van der Waals surface area contributed by atoms with Crippen LogP contribution < -0.4 is 0 Å². The predicted molar refractivity (Wildman–Crippen MR) is 87.5 cm³/mol. The van der Waals surface area contributed by atoms with E-state index in [1.807, 2.05) is 13.2 Å². The molecular weight excluding hydrogens is 362 g/mol. The maximum absolute atomic E-state index is 12.7. The summed E-state index contributed by atoms with van der Waals surface area (Å²) in [5, 5.41) is 9.17. The number of nitrogens with zero attached hydrogens (tertiary/aromatic N) is 1. The molecule has 4 nitrogen and oxygen atoms in total. The molecule has 0 fully saturated rings. The van der Waals surface area contributed by atoms with Gasteiger partial charge in [-0.2, -0.15) is 16.1 Å². The van der Waals surface area contributed by atoms with Crippen molar-refractivity contribution in [2.24, 2.45) is 0 Å². The summed E-state index contributed by atoms with van der Waals surface area (Å²) < 4.78 is 27.3. The van der Waals surface area contributed by atoms with Gasteiger partial charge in [-0.15, -0.1) is 0 Å². The van der Waals surface area contributed by atoms with E-state index in [1.165, 1.54) is 10.4 Å². The van der Waals surface area contributed by atoms with Crippen LogP contribution in [-0.4, -0.2) is 42.9 Å². The number of rotatable bonds is 7. The minimum Gasteiger partial charge on any atom is -0.392 e. The zero-order valence-corrected chi connectivity index (χ0v) is 15.1. The Morgan fingerprint density at radius 2 is 2.10 bits per heavy atom. The summed E-state index contributed by atoms with van der Waals surface area (Å²) in [6.07, 6.45) is 2.72. The Balaban J connectivity index is 3.21. The van der Waals surface area contributed by atoms with Crippen molar-refractivity contribution >= 4 is 37.7 Å². The highest BCUT2D eigenvalue weighted by Gasteiger charge is 2.28. The predicted octanol–water partition coefficient (Wildman–Crippen LogP) is 2.70. The average molecular weight is 382 g/mol. The van der Waals surface area contributed by atoms with Gasteiger partial charge in [0.05, 0.1) is 11.5 Å². The maximum atomic E-state index is 12.7. The third-order valence-corrected chi connectivity index (χ3v) is 6.80. The van der Waals surface area contributed by atoms with E-state index in [0.717, 1.165) is 12.2 Å². The van der Waals surface area contributed by atoms with Gasteiger partial charge in [0, 0.05) is 23.3 Å². The molecule has 114 valence electrons. The molecule has 0 aromatic heterocycles. The summed E-state index contributed by atoms with van der Waals surface area (Å²) in [6, 6.07) is 4.82. The van der Waals surface area contributed by atoms with E-state index in [2.05, 4.69) is 15.9 Å². The Morgan fingerprint density at radius 3 is 2.60 bits per heavy atom. The molecule has 7 heteroatoms. The standard InChI is InChI=1S/C13H20BrNO3S2/c1-4-11(9-19-3)15(2)20(17,18)13-7-10(8-16)5-6-12(13)14/h5-7,11,16H,4,8-9H2,1-3H3. The minimum atomic E-state index is -3.57. The molecule has 0 aliphatic carbocycles. The van der Waals surface area contributed by atoms with Crippen LogP contribution in [0.15, 0.2) is 27.6 Å². The van der Waals surface area contributed by atoms with E-state index in [4.69, 9.17) is 5.11 Å². The van der Waals surface area contributed by atoms with Crippen LogP contribution in [-0.2, 0) is 16.6 Å². The first-order valence-corrected chi connectivity index (χ1v) is 9.87. The third kappa shape index (κ3) is 3.98. The highest BCUT2D eigenvalue weighted by atomic mass is 79.9. The fourth-order valence-corrected chi connectivity index (χ4v) is 5.21. The molecule has 1 aromatic carbocycles. The molecule has 1 aromatic rings. The lowest BCUT2D eigenvalue weighted by atomic mass is 10.2. The van der Waals surface area contributed by atoms with Gasteiger partial charge in [0.1, 0.15) is 0 Å². The van der Waals surface area contributed by atoms with Gasteiger partial charge < -0.3 is 5.11 Å². The van der Waals surface area contributed by atoms with Gasteiger partial charge in [0.25, 0.3) is 0 Å². The number of aliphatic hydroxyl groups excluding tert-OH is 1. The Hall–Kier alpha value is -0.0800. The van der Waals surface area contributed by atoms with Gasteiger partial charge in [-0.25, -0.2) is 8.42 Å². The highest BCUT2D eigenvalue weighted by Crippen LogP contribution is 2.27. The number of aliphatic hydroxyl groups is 1. The first-order valence-electron chi connectivity index (χ1n) is 6.24. The van der Waals surface area contributed by atoms with Crippen LogP contribution in [0.4, 0.5) is 0 Å². The van der Waals surface area contributed by atoms with Crippen LogP contribution in [0.2, 0.25) is 0 Å². The van der Waals surface area contributed by atoms with Gasteiger partial charge in [0.15, 0.2) is 0 Å². The largest absolute Gasteiger partial charge is 0.392 e. The van der Waals surface area contributed by atoms with Gasteiger partial charge in [-0.1, -0.05) is 13.0 Å². The quantitative estimate of drug-likeness (QED) is 0.788. The smallest absolute Gasteiger partial charge is 0.244 e. The molecule has 0 heterocycles. The van der Waals surface area contributed by atoms with Crippen molar-refractivity contribution in [1.29, 1.82) is 0 Å². The number of sulfonamides is 1. The van der Waals surface area contributed by atoms with Crippen LogP contribution in [0.1, 0.15) is 18.9 Å². The zero-order valence-electron chi connectivity index (χ0n) is 11.8. The van der Waals surface area contributed by atoms with Gasteiger partial charge in [-0.05, 0) is 46.3 Å². The summed E-state index contributed by atoms with van der Waals surface area (Å²) >= 11 is 4.91. The van der Waals surface area contributed by atoms with Crippen LogP contribution in [0, 0.1) is 0 Å². The minimum absolute atomic E-state index is 0.0420. The molecule has 1 rings (SSSR count). The van der Waals surface area contributed by atoms with Crippen LogP contribution in [0.25, 0.3) is 0 Å². The normalized spacial score (nSPS) is 13.7. The molecule has 1 unspecified atom stereocenters. The first kappa shape index (κ1) is 18.0. The molecule has 20 heavy (non-hydrogen) atoms. The van der Waals surface area contributed by atoms with Gasteiger partial charge >= 0.3 is 0 Å². The van der Waals surface area contributed by atoms with Crippen molar-refractivity contribution in [3.05, 3.63) is 28.2 Å². The monoisotopic (exact) mass is 381 g/mol. The van der Waals surface area contributed by atoms with E-state index in [-0.39, 0.29) is 17.5 Å². The summed E-state index contributed by atoms with van der Waals surface area (Å²) in [6.45, 7) is 1.80. The van der Waals surface area contributed by atoms with Crippen molar-refractivity contribution < 1.29 is 13.5 Å². The van der Waals surface area contributed by atoms with Crippen molar-refractivity contribution in [2.75, 3.05) is 19.1 Å². The Bertz CT molecular complexity index is 549. The van der Waals surface area contributed by atoms with Crippen molar-refractivity contribution in [2.45, 2.75) is 30.9 Å². The fourth-order valence-electron chi connectivity index (χ4n) is 1.87. The molecule has 0 bridgehead atoms. The molecule has 0 saturated carbocycles. The van der Waals surface area contributed by atoms with Crippen LogP contribution in [0.3, 0.4) is 0 Å². The number of hydrogen-bond acceptors (Lipinski definition) is 4. The molecule has 0 aliphatic rings. The van der Waals surface area contributed by atoms with E-state index < -0.39 is 10.0 Å². The summed E-state index contributed by atoms with van der Waals surface area (Å²) in [5.74, 6) is 0.754. The molecule has 0 radical (unpaired) electrons. The SMILES string of the molecule is CCC(CSC)N(C)S(=O)(=O)c1cc(CO)ccc1Br. The zero-order chi connectivity index (χ0) is 15.3. The number of benzene rings is 1. The summed E-state index contributed by atoms with van der Waals surface area (Å²) in [7, 11) is -1.96. The van der Waals surface area contributed by atoms with Crippen molar-refractivity contribution in [1.82, 2.24) is 4.31 Å². The average Bonchev–Trinajstić information content (AvgIpc) is 2.44. The molecule has 0 amide bonds. The van der Waals surface area contributed by atoms with E-state index in [9.17, 15) is 8.42 Å². The second-order valence-electron chi connectivity index (χ2n) is 4.46. The fraction of sp³-hybridized carbons (Fsp3) is 0.538. The summed E-state index contributed by atoms with van der Waals surface area (Å²) in [5.41, 5.74) is 0.582. The van der Waals surface area contributed by atoms with E-state index >= 15 is 0 Å².